The van der Waals surface area contributed by atoms with E-state index in [1.54, 1.807) is 6.92 Å². The number of ether oxygens (including phenoxy) is 1. The third-order valence-electron chi connectivity index (χ3n) is 3.73. The van der Waals surface area contributed by atoms with E-state index >= 15 is 0 Å². The quantitative estimate of drug-likeness (QED) is 0.719. The van der Waals surface area contributed by atoms with Gasteiger partial charge in [0.1, 0.15) is 6.10 Å². The zero-order valence-corrected chi connectivity index (χ0v) is 11.3. The van der Waals surface area contributed by atoms with Gasteiger partial charge in [-0.3, -0.25) is 4.79 Å². The first kappa shape index (κ1) is 14.5. The Balaban J connectivity index is 2.69. The van der Waals surface area contributed by atoms with Crippen LogP contribution in [0.4, 0.5) is 0 Å². The number of carbonyl (C=O) groups is 1. The van der Waals surface area contributed by atoms with Crippen molar-refractivity contribution in [3.63, 3.8) is 0 Å². The van der Waals surface area contributed by atoms with Crippen LogP contribution in [0.2, 0.25) is 0 Å². The fourth-order valence-electron chi connectivity index (χ4n) is 2.01. The van der Waals surface area contributed by atoms with Gasteiger partial charge >= 0.3 is 5.97 Å². The van der Waals surface area contributed by atoms with Crippen LogP contribution in [0.5, 0.6) is 0 Å². The summed E-state index contributed by atoms with van der Waals surface area (Å²) in [6.07, 6.45) is -1.26. The molecule has 0 aromatic rings. The van der Waals surface area contributed by atoms with Crippen LogP contribution in [-0.2, 0) is 9.53 Å². The number of carbonyl (C=O) groups excluding carboxylic acids is 1. The minimum Gasteiger partial charge on any atom is -0.462 e. The molecule has 0 aliphatic carbocycles. The first-order valence-electron chi connectivity index (χ1n) is 6.21. The van der Waals surface area contributed by atoms with Crippen molar-refractivity contribution in [3.05, 3.63) is 0 Å². The van der Waals surface area contributed by atoms with Crippen molar-refractivity contribution >= 4 is 5.97 Å². The molecule has 0 radical (unpaired) electrons. The fourth-order valence-corrected chi connectivity index (χ4v) is 2.01. The van der Waals surface area contributed by atoms with Gasteiger partial charge in [-0.05, 0) is 12.3 Å². The maximum atomic E-state index is 11.5. The van der Waals surface area contributed by atoms with E-state index in [-0.39, 0.29) is 17.3 Å². The number of aliphatic hydroxyl groups excluding tert-OH is 2. The average molecular weight is 244 g/mol. The van der Waals surface area contributed by atoms with E-state index in [1.807, 2.05) is 27.7 Å². The molecule has 4 nitrogen and oxygen atoms in total. The highest BCUT2D eigenvalue weighted by Gasteiger charge is 2.42. The number of esters is 1. The molecule has 0 saturated carbocycles. The zero-order chi connectivity index (χ0) is 13.4. The molecule has 0 amide bonds. The molecule has 1 fully saturated rings. The van der Waals surface area contributed by atoms with Crippen molar-refractivity contribution in [2.24, 2.45) is 17.3 Å². The lowest BCUT2D eigenvalue weighted by atomic mass is 9.79. The van der Waals surface area contributed by atoms with Crippen LogP contribution in [0, 0.1) is 17.3 Å². The summed E-state index contributed by atoms with van der Waals surface area (Å²) in [5.41, 5.74) is -0.250. The monoisotopic (exact) mass is 244 g/mol. The summed E-state index contributed by atoms with van der Waals surface area (Å²) in [5, 5.41) is 19.9. The van der Waals surface area contributed by atoms with Crippen LogP contribution in [0.3, 0.4) is 0 Å². The van der Waals surface area contributed by atoms with E-state index < -0.39 is 24.2 Å². The SMILES string of the molecule is C[C@H]1C(=O)OC(C[C@H](O)C(C)(C)C)[C@H](C)[C@@H]1O. The van der Waals surface area contributed by atoms with Crippen LogP contribution in [0.25, 0.3) is 0 Å². The summed E-state index contributed by atoms with van der Waals surface area (Å²) in [5.74, 6) is -0.991. The van der Waals surface area contributed by atoms with Gasteiger partial charge in [0.2, 0.25) is 0 Å². The molecule has 1 saturated heterocycles. The first-order chi connectivity index (χ1) is 7.64. The summed E-state index contributed by atoms with van der Waals surface area (Å²) < 4.78 is 5.29. The van der Waals surface area contributed by atoms with Gasteiger partial charge in [-0.1, -0.05) is 27.7 Å². The van der Waals surface area contributed by atoms with Crippen molar-refractivity contribution in [2.45, 2.75) is 59.4 Å². The Labute approximate surface area is 103 Å². The van der Waals surface area contributed by atoms with E-state index in [0.29, 0.717) is 6.42 Å². The van der Waals surface area contributed by atoms with Gasteiger partial charge in [-0.15, -0.1) is 0 Å². The largest absolute Gasteiger partial charge is 0.462 e. The van der Waals surface area contributed by atoms with E-state index in [9.17, 15) is 15.0 Å². The summed E-state index contributed by atoms with van der Waals surface area (Å²) in [6.45, 7) is 9.33. The number of rotatable bonds is 2. The lowest BCUT2D eigenvalue weighted by Crippen LogP contribution is -2.48. The maximum Gasteiger partial charge on any atom is 0.311 e. The van der Waals surface area contributed by atoms with Gasteiger partial charge in [0, 0.05) is 12.3 Å². The maximum absolute atomic E-state index is 11.5. The highest BCUT2D eigenvalue weighted by Crippen LogP contribution is 2.32. The highest BCUT2D eigenvalue weighted by atomic mass is 16.5. The van der Waals surface area contributed by atoms with Gasteiger partial charge < -0.3 is 14.9 Å². The minimum absolute atomic E-state index is 0.139. The molecule has 100 valence electrons. The molecule has 0 aromatic carbocycles. The molecule has 1 aliphatic heterocycles. The Kier molecular flexibility index (Phi) is 4.20. The van der Waals surface area contributed by atoms with Gasteiger partial charge in [-0.25, -0.2) is 0 Å². The Morgan fingerprint density at radius 1 is 1.35 bits per heavy atom. The van der Waals surface area contributed by atoms with Gasteiger partial charge in [0.25, 0.3) is 0 Å². The van der Waals surface area contributed by atoms with Crippen LogP contribution in [0.1, 0.15) is 41.0 Å². The summed E-state index contributed by atoms with van der Waals surface area (Å²) >= 11 is 0. The minimum atomic E-state index is -0.687. The summed E-state index contributed by atoms with van der Waals surface area (Å²) in [7, 11) is 0. The molecule has 0 bridgehead atoms. The molecule has 1 rings (SSSR count). The number of cyclic esters (lactones) is 1. The predicted octanol–water partition coefficient (Wildman–Crippen LogP) is 1.34. The van der Waals surface area contributed by atoms with Crippen LogP contribution in [-0.4, -0.2) is 34.5 Å². The van der Waals surface area contributed by atoms with E-state index in [1.165, 1.54) is 0 Å². The molecule has 0 aromatic heterocycles. The third kappa shape index (κ3) is 3.19. The van der Waals surface area contributed by atoms with Crippen LogP contribution < -0.4 is 0 Å². The zero-order valence-electron chi connectivity index (χ0n) is 11.3. The lowest BCUT2D eigenvalue weighted by molar-refractivity contribution is -0.181. The van der Waals surface area contributed by atoms with Crippen LogP contribution in [0.15, 0.2) is 0 Å². The van der Waals surface area contributed by atoms with Crippen molar-refractivity contribution in [1.29, 1.82) is 0 Å². The third-order valence-corrected chi connectivity index (χ3v) is 3.73. The molecule has 17 heavy (non-hydrogen) atoms. The van der Waals surface area contributed by atoms with Crippen molar-refractivity contribution in [2.75, 3.05) is 0 Å². The predicted molar refractivity (Wildman–Crippen MR) is 64.3 cm³/mol. The molecule has 2 N–H and O–H groups in total. The number of aliphatic hydroxyl groups is 2. The Morgan fingerprint density at radius 2 is 1.88 bits per heavy atom. The molecule has 1 aliphatic rings. The van der Waals surface area contributed by atoms with Crippen molar-refractivity contribution < 1.29 is 19.7 Å². The molecule has 5 atom stereocenters. The smallest absolute Gasteiger partial charge is 0.311 e. The Morgan fingerprint density at radius 3 is 2.35 bits per heavy atom. The molecule has 1 unspecified atom stereocenters. The Hall–Kier alpha value is -0.610. The molecular weight excluding hydrogens is 220 g/mol. The topological polar surface area (TPSA) is 66.8 Å². The van der Waals surface area contributed by atoms with Gasteiger partial charge in [0.05, 0.1) is 18.1 Å². The summed E-state index contributed by atoms with van der Waals surface area (Å²) in [4.78, 5) is 11.5. The fraction of sp³-hybridized carbons (Fsp3) is 0.923. The summed E-state index contributed by atoms with van der Waals surface area (Å²) in [6, 6.07) is 0. The molecule has 0 spiro atoms. The van der Waals surface area contributed by atoms with E-state index in [2.05, 4.69) is 0 Å². The Bertz CT molecular complexity index is 282. The van der Waals surface area contributed by atoms with Crippen molar-refractivity contribution in [1.82, 2.24) is 0 Å². The first-order valence-corrected chi connectivity index (χ1v) is 6.21. The normalized spacial score (nSPS) is 36.5. The number of hydrogen-bond donors (Lipinski definition) is 2. The van der Waals surface area contributed by atoms with E-state index in [4.69, 9.17) is 4.74 Å². The van der Waals surface area contributed by atoms with Gasteiger partial charge in [-0.2, -0.15) is 0 Å². The highest BCUT2D eigenvalue weighted by molar-refractivity contribution is 5.73. The molecule has 1 heterocycles. The standard InChI is InChI=1S/C13H24O4/c1-7-9(6-10(14)13(3,4)5)17-12(16)8(2)11(7)15/h7-11,14-15H,6H2,1-5H3/t7-,8+,9?,10-,11-/m0/s1. The van der Waals surface area contributed by atoms with Crippen LogP contribution >= 0.6 is 0 Å². The number of hydrogen-bond acceptors (Lipinski definition) is 4. The second-order valence-electron chi connectivity index (χ2n) is 6.23. The second kappa shape index (κ2) is 4.94. The second-order valence-corrected chi connectivity index (χ2v) is 6.23. The molecule has 4 heteroatoms. The van der Waals surface area contributed by atoms with E-state index in [0.717, 1.165) is 0 Å². The average Bonchev–Trinajstić information content (AvgIpc) is 2.21. The van der Waals surface area contributed by atoms with Crippen molar-refractivity contribution in [3.8, 4) is 0 Å². The van der Waals surface area contributed by atoms with Gasteiger partial charge in [0.15, 0.2) is 0 Å². The lowest BCUT2D eigenvalue weighted by Gasteiger charge is -2.39. The molecular formula is C13H24O4.